The van der Waals surface area contributed by atoms with Crippen LogP contribution in [0.2, 0.25) is 0 Å². The van der Waals surface area contributed by atoms with E-state index in [-0.39, 0.29) is 0 Å². The fourth-order valence-corrected chi connectivity index (χ4v) is 3.24. The highest BCUT2D eigenvalue weighted by molar-refractivity contribution is 8.07. The van der Waals surface area contributed by atoms with E-state index in [2.05, 4.69) is 4.98 Å². The number of aromatic nitrogens is 1. The minimum Gasteiger partial charge on any atom is -0.495 e. The molecule has 5 nitrogen and oxygen atoms in total. The normalized spacial score (nSPS) is 22.4. The lowest BCUT2D eigenvalue weighted by Gasteiger charge is -2.27. The molecule has 1 aliphatic heterocycles. The van der Waals surface area contributed by atoms with E-state index in [1.165, 1.54) is 0 Å². The van der Waals surface area contributed by atoms with E-state index in [1.54, 1.807) is 13.3 Å². The lowest BCUT2D eigenvalue weighted by Crippen LogP contribution is -2.12. The van der Waals surface area contributed by atoms with Crippen molar-refractivity contribution in [3.63, 3.8) is 0 Å². The molecule has 1 aromatic heterocycles. The SMILES string of the molecule is COc1cnc2c(c1)COP(=S)(OCC(C)C)O2. The first-order valence-corrected chi connectivity index (χ1v) is 8.19. The molecule has 0 radical (unpaired) electrons. The number of fused-ring (bicyclic) bond motifs is 1. The zero-order valence-corrected chi connectivity index (χ0v) is 12.3. The van der Waals surface area contributed by atoms with Gasteiger partial charge in [0.05, 0.1) is 26.5 Å². The number of pyridine rings is 1. The molecular formula is C11H16NO4PS. The third-order valence-electron chi connectivity index (χ3n) is 2.28. The summed E-state index contributed by atoms with van der Waals surface area (Å²) in [5.41, 5.74) is 0.822. The molecule has 0 aromatic carbocycles. The molecule has 1 unspecified atom stereocenters. The van der Waals surface area contributed by atoms with Gasteiger partial charge in [0.25, 0.3) is 0 Å². The van der Waals surface area contributed by atoms with Crippen molar-refractivity contribution in [3.05, 3.63) is 17.8 Å². The molecule has 0 bridgehead atoms. The Bertz CT molecular complexity index is 480. The molecule has 2 heterocycles. The van der Waals surface area contributed by atoms with Crippen LogP contribution in [-0.2, 0) is 27.5 Å². The van der Waals surface area contributed by atoms with Crippen LogP contribution in [0, 0.1) is 5.92 Å². The van der Waals surface area contributed by atoms with Crippen molar-refractivity contribution in [3.8, 4) is 11.6 Å². The molecule has 1 aliphatic rings. The molecule has 1 atom stereocenters. The Labute approximate surface area is 112 Å². The molecule has 0 aliphatic carbocycles. The van der Waals surface area contributed by atoms with Crippen LogP contribution in [0.3, 0.4) is 0 Å². The van der Waals surface area contributed by atoms with Crippen LogP contribution >= 0.6 is 6.72 Å². The summed E-state index contributed by atoms with van der Waals surface area (Å²) in [5, 5.41) is 0. The van der Waals surface area contributed by atoms with Gasteiger partial charge in [0.15, 0.2) is 0 Å². The van der Waals surface area contributed by atoms with Gasteiger partial charge in [-0.25, -0.2) is 4.98 Å². The predicted octanol–water partition coefficient (Wildman–Crippen LogP) is 2.90. The Hall–Kier alpha value is -0.680. The Morgan fingerprint density at radius 1 is 1.56 bits per heavy atom. The summed E-state index contributed by atoms with van der Waals surface area (Å²) in [6.45, 7) is 2.25. The topological polar surface area (TPSA) is 49.8 Å². The van der Waals surface area contributed by atoms with E-state index in [9.17, 15) is 0 Å². The van der Waals surface area contributed by atoms with Crippen LogP contribution in [0.4, 0.5) is 0 Å². The molecule has 100 valence electrons. The molecule has 0 N–H and O–H groups in total. The average Bonchev–Trinajstić information content (AvgIpc) is 2.36. The number of nitrogens with zero attached hydrogens (tertiary/aromatic N) is 1. The monoisotopic (exact) mass is 289 g/mol. The van der Waals surface area contributed by atoms with Crippen molar-refractivity contribution in [2.45, 2.75) is 20.5 Å². The second kappa shape index (κ2) is 5.53. The molecule has 0 fully saturated rings. The Morgan fingerprint density at radius 3 is 3.00 bits per heavy atom. The van der Waals surface area contributed by atoms with Crippen molar-refractivity contribution in [1.29, 1.82) is 0 Å². The molecule has 0 amide bonds. The van der Waals surface area contributed by atoms with Crippen molar-refractivity contribution in [2.75, 3.05) is 13.7 Å². The maximum absolute atomic E-state index is 5.58. The van der Waals surface area contributed by atoms with Crippen LogP contribution in [0.1, 0.15) is 19.4 Å². The summed E-state index contributed by atoms with van der Waals surface area (Å²) < 4.78 is 21.8. The van der Waals surface area contributed by atoms with Gasteiger partial charge in [0.2, 0.25) is 5.88 Å². The summed E-state index contributed by atoms with van der Waals surface area (Å²) in [7, 11) is 1.59. The predicted molar refractivity (Wildman–Crippen MR) is 71.3 cm³/mol. The van der Waals surface area contributed by atoms with E-state index in [0.717, 1.165) is 5.56 Å². The van der Waals surface area contributed by atoms with Gasteiger partial charge in [0.1, 0.15) is 5.75 Å². The highest BCUT2D eigenvalue weighted by atomic mass is 32.5. The third-order valence-corrected chi connectivity index (χ3v) is 4.44. The molecule has 7 heteroatoms. The average molecular weight is 289 g/mol. The smallest absolute Gasteiger partial charge is 0.382 e. The molecule has 1 aromatic rings. The van der Waals surface area contributed by atoms with Gasteiger partial charge in [0, 0.05) is 17.4 Å². The summed E-state index contributed by atoms with van der Waals surface area (Å²) in [5.74, 6) is 1.52. The summed E-state index contributed by atoms with van der Waals surface area (Å²) in [6.07, 6.45) is 1.59. The highest BCUT2D eigenvalue weighted by Crippen LogP contribution is 2.54. The molecule has 2 rings (SSSR count). The lowest BCUT2D eigenvalue weighted by molar-refractivity contribution is 0.162. The van der Waals surface area contributed by atoms with Crippen molar-refractivity contribution >= 4 is 18.5 Å². The Morgan fingerprint density at radius 2 is 2.33 bits per heavy atom. The van der Waals surface area contributed by atoms with Crippen LogP contribution < -0.4 is 9.26 Å². The Balaban J connectivity index is 2.12. The van der Waals surface area contributed by atoms with Crippen LogP contribution in [0.15, 0.2) is 12.3 Å². The second-order valence-electron chi connectivity index (χ2n) is 4.34. The van der Waals surface area contributed by atoms with E-state index < -0.39 is 6.72 Å². The second-order valence-corrected chi connectivity index (χ2v) is 7.28. The first-order valence-electron chi connectivity index (χ1n) is 5.64. The van der Waals surface area contributed by atoms with Crippen molar-refractivity contribution in [1.82, 2.24) is 4.98 Å². The number of hydrogen-bond acceptors (Lipinski definition) is 6. The van der Waals surface area contributed by atoms with Gasteiger partial charge in [-0.05, 0) is 12.0 Å². The quantitative estimate of drug-likeness (QED) is 0.794. The van der Waals surface area contributed by atoms with Crippen molar-refractivity contribution in [2.24, 2.45) is 5.92 Å². The van der Waals surface area contributed by atoms with Gasteiger partial charge in [-0.3, -0.25) is 9.05 Å². The number of hydrogen-bond donors (Lipinski definition) is 0. The van der Waals surface area contributed by atoms with Gasteiger partial charge in [-0.15, -0.1) is 0 Å². The highest BCUT2D eigenvalue weighted by Gasteiger charge is 2.30. The maximum Gasteiger partial charge on any atom is 0.382 e. The van der Waals surface area contributed by atoms with Crippen LogP contribution in [0.25, 0.3) is 0 Å². The van der Waals surface area contributed by atoms with Crippen LogP contribution in [0.5, 0.6) is 11.6 Å². The summed E-state index contributed by atoms with van der Waals surface area (Å²) >= 11 is 5.28. The molecule has 0 spiro atoms. The zero-order chi connectivity index (χ0) is 13.2. The van der Waals surface area contributed by atoms with E-state index in [4.69, 9.17) is 30.1 Å². The van der Waals surface area contributed by atoms with E-state index in [1.807, 2.05) is 19.9 Å². The molecule has 18 heavy (non-hydrogen) atoms. The fourth-order valence-electron chi connectivity index (χ4n) is 1.36. The van der Waals surface area contributed by atoms with Gasteiger partial charge >= 0.3 is 6.72 Å². The molecular weight excluding hydrogens is 273 g/mol. The molecule has 0 saturated heterocycles. The third kappa shape index (κ3) is 3.20. The number of rotatable bonds is 4. The van der Waals surface area contributed by atoms with Gasteiger partial charge in [-0.2, -0.15) is 0 Å². The lowest BCUT2D eigenvalue weighted by atomic mass is 10.2. The van der Waals surface area contributed by atoms with Crippen molar-refractivity contribution < 1.29 is 18.3 Å². The number of ether oxygens (including phenoxy) is 1. The van der Waals surface area contributed by atoms with E-state index in [0.29, 0.717) is 30.8 Å². The zero-order valence-electron chi connectivity index (χ0n) is 10.6. The Kier molecular flexibility index (Phi) is 4.22. The van der Waals surface area contributed by atoms with Crippen LogP contribution in [-0.4, -0.2) is 18.7 Å². The summed E-state index contributed by atoms with van der Waals surface area (Å²) in [4.78, 5) is 4.17. The fraction of sp³-hybridized carbons (Fsp3) is 0.545. The van der Waals surface area contributed by atoms with Gasteiger partial charge < -0.3 is 9.26 Å². The molecule has 0 saturated carbocycles. The standard InChI is InChI=1S/C11H16NO4PS/c1-8(2)6-14-17(18)15-7-9-4-10(13-3)5-12-11(9)16-17/h4-5,8H,6-7H2,1-3H3. The summed E-state index contributed by atoms with van der Waals surface area (Å²) in [6, 6.07) is 1.82. The first-order chi connectivity index (χ1) is 8.52. The largest absolute Gasteiger partial charge is 0.495 e. The number of methoxy groups -OCH3 is 1. The maximum atomic E-state index is 5.58. The van der Waals surface area contributed by atoms with E-state index >= 15 is 0 Å². The minimum atomic E-state index is -2.69. The first kappa shape index (κ1) is 13.7. The minimum absolute atomic E-state index is 0.342. The van der Waals surface area contributed by atoms with Gasteiger partial charge in [-0.1, -0.05) is 13.8 Å².